The van der Waals surface area contributed by atoms with Gasteiger partial charge >= 0.3 is 0 Å². The summed E-state index contributed by atoms with van der Waals surface area (Å²) in [6.07, 6.45) is 2.14. The van der Waals surface area contributed by atoms with Gasteiger partial charge in [0.25, 0.3) is 0 Å². The zero-order valence-corrected chi connectivity index (χ0v) is 15.8. The van der Waals surface area contributed by atoms with Gasteiger partial charge in [-0.15, -0.1) is 0 Å². The number of aryl methyl sites for hydroxylation is 1. The molecule has 0 fully saturated rings. The predicted octanol–water partition coefficient (Wildman–Crippen LogP) is 3.26. The zero-order valence-electron chi connectivity index (χ0n) is 15.8. The van der Waals surface area contributed by atoms with Crippen LogP contribution >= 0.6 is 0 Å². The van der Waals surface area contributed by atoms with Crippen LogP contribution in [0.4, 0.5) is 0 Å². The van der Waals surface area contributed by atoms with Gasteiger partial charge in [0.2, 0.25) is 0 Å². The predicted molar refractivity (Wildman–Crippen MR) is 101 cm³/mol. The van der Waals surface area contributed by atoms with Crippen molar-refractivity contribution in [1.82, 2.24) is 10.6 Å². The van der Waals surface area contributed by atoms with E-state index in [-0.39, 0.29) is 6.10 Å². The van der Waals surface area contributed by atoms with Crippen LogP contribution in [0.5, 0.6) is 5.75 Å². The molecule has 1 atom stereocenters. The molecule has 0 bridgehead atoms. The SMILES string of the molecule is CCNC(=NCc1ccc(C)cc1OC(C)CC)NCCCOC. The maximum absolute atomic E-state index is 6.05. The molecule has 0 spiro atoms. The van der Waals surface area contributed by atoms with Gasteiger partial charge in [0.1, 0.15) is 5.75 Å². The van der Waals surface area contributed by atoms with Crippen LogP contribution in [-0.2, 0) is 11.3 Å². The Hall–Kier alpha value is -1.75. The third-order valence-electron chi connectivity index (χ3n) is 3.70. The smallest absolute Gasteiger partial charge is 0.191 e. The van der Waals surface area contributed by atoms with E-state index in [1.807, 2.05) is 0 Å². The first-order valence-electron chi connectivity index (χ1n) is 8.88. The number of benzene rings is 1. The van der Waals surface area contributed by atoms with Crippen LogP contribution in [0.2, 0.25) is 0 Å². The van der Waals surface area contributed by atoms with Gasteiger partial charge in [-0.3, -0.25) is 0 Å². The number of guanidine groups is 1. The molecule has 5 heteroatoms. The topological polar surface area (TPSA) is 54.9 Å². The van der Waals surface area contributed by atoms with Crippen LogP contribution in [-0.4, -0.2) is 38.9 Å². The molecule has 0 saturated carbocycles. The van der Waals surface area contributed by atoms with Crippen molar-refractivity contribution < 1.29 is 9.47 Å². The molecule has 1 aromatic rings. The van der Waals surface area contributed by atoms with Crippen molar-refractivity contribution >= 4 is 5.96 Å². The second kappa shape index (κ2) is 11.7. The summed E-state index contributed by atoms with van der Waals surface area (Å²) >= 11 is 0. The lowest BCUT2D eigenvalue weighted by Crippen LogP contribution is -2.38. The van der Waals surface area contributed by atoms with E-state index in [1.54, 1.807) is 7.11 Å². The number of hydrogen-bond acceptors (Lipinski definition) is 3. The van der Waals surface area contributed by atoms with E-state index in [4.69, 9.17) is 9.47 Å². The molecular formula is C19H33N3O2. The summed E-state index contributed by atoms with van der Waals surface area (Å²) in [5, 5.41) is 6.60. The second-order valence-electron chi connectivity index (χ2n) is 5.92. The monoisotopic (exact) mass is 335 g/mol. The molecule has 0 amide bonds. The standard InChI is InChI=1S/C19H33N3O2/c1-6-16(4)24-18-13-15(3)9-10-17(18)14-22-19(20-7-2)21-11-8-12-23-5/h9-10,13,16H,6-8,11-12,14H2,1-5H3,(H2,20,21,22). The molecule has 24 heavy (non-hydrogen) atoms. The van der Waals surface area contributed by atoms with E-state index in [0.717, 1.165) is 49.8 Å². The van der Waals surface area contributed by atoms with Gasteiger partial charge in [-0.2, -0.15) is 0 Å². The third kappa shape index (κ3) is 7.68. The highest BCUT2D eigenvalue weighted by molar-refractivity contribution is 5.79. The number of ether oxygens (including phenoxy) is 2. The van der Waals surface area contributed by atoms with Gasteiger partial charge in [0, 0.05) is 32.4 Å². The Bertz CT molecular complexity index is 503. The third-order valence-corrected chi connectivity index (χ3v) is 3.70. The van der Waals surface area contributed by atoms with Crippen LogP contribution in [0.1, 0.15) is 44.7 Å². The minimum atomic E-state index is 0.204. The zero-order chi connectivity index (χ0) is 17.8. The second-order valence-corrected chi connectivity index (χ2v) is 5.92. The maximum atomic E-state index is 6.05. The lowest BCUT2D eigenvalue weighted by molar-refractivity contribution is 0.195. The number of hydrogen-bond donors (Lipinski definition) is 2. The Balaban J connectivity index is 2.76. The Morgan fingerprint density at radius 2 is 2.04 bits per heavy atom. The number of nitrogens with one attached hydrogen (secondary N) is 2. The maximum Gasteiger partial charge on any atom is 0.191 e. The van der Waals surface area contributed by atoms with Crippen molar-refractivity contribution in [2.24, 2.45) is 4.99 Å². The first-order valence-corrected chi connectivity index (χ1v) is 8.88. The molecule has 0 heterocycles. The van der Waals surface area contributed by atoms with Crippen molar-refractivity contribution in [3.63, 3.8) is 0 Å². The summed E-state index contributed by atoms with van der Waals surface area (Å²) in [6.45, 7) is 11.4. The molecule has 0 aliphatic rings. The molecular weight excluding hydrogens is 302 g/mol. The lowest BCUT2D eigenvalue weighted by atomic mass is 10.1. The highest BCUT2D eigenvalue weighted by Crippen LogP contribution is 2.23. The van der Waals surface area contributed by atoms with E-state index < -0.39 is 0 Å². The summed E-state index contributed by atoms with van der Waals surface area (Å²) in [6, 6.07) is 6.30. The molecule has 136 valence electrons. The van der Waals surface area contributed by atoms with E-state index in [0.29, 0.717) is 6.54 Å². The molecule has 0 saturated heterocycles. The van der Waals surface area contributed by atoms with Crippen molar-refractivity contribution in [2.75, 3.05) is 26.8 Å². The first-order chi connectivity index (χ1) is 11.6. The van der Waals surface area contributed by atoms with Gasteiger partial charge in [-0.1, -0.05) is 19.1 Å². The fourth-order valence-corrected chi connectivity index (χ4v) is 2.13. The van der Waals surface area contributed by atoms with Crippen molar-refractivity contribution in [1.29, 1.82) is 0 Å². The Kier molecular flexibility index (Phi) is 9.92. The largest absolute Gasteiger partial charge is 0.490 e. The minimum Gasteiger partial charge on any atom is -0.490 e. The van der Waals surface area contributed by atoms with Gasteiger partial charge in [-0.25, -0.2) is 4.99 Å². The van der Waals surface area contributed by atoms with Crippen molar-refractivity contribution in [3.05, 3.63) is 29.3 Å². The molecule has 2 N–H and O–H groups in total. The number of aliphatic imine (C=N–C) groups is 1. The van der Waals surface area contributed by atoms with Crippen LogP contribution in [0.15, 0.2) is 23.2 Å². The highest BCUT2D eigenvalue weighted by atomic mass is 16.5. The van der Waals surface area contributed by atoms with Gasteiger partial charge in [0.05, 0.1) is 12.6 Å². The number of rotatable bonds is 10. The average Bonchev–Trinajstić information content (AvgIpc) is 2.57. The summed E-state index contributed by atoms with van der Waals surface area (Å²) in [5.41, 5.74) is 2.31. The van der Waals surface area contributed by atoms with E-state index >= 15 is 0 Å². The Morgan fingerprint density at radius 3 is 2.71 bits per heavy atom. The highest BCUT2D eigenvalue weighted by Gasteiger charge is 2.08. The van der Waals surface area contributed by atoms with Crippen LogP contribution < -0.4 is 15.4 Å². The molecule has 0 aromatic heterocycles. The van der Waals surface area contributed by atoms with Crippen LogP contribution in [0, 0.1) is 6.92 Å². The van der Waals surface area contributed by atoms with Gasteiger partial charge < -0.3 is 20.1 Å². The summed E-state index contributed by atoms with van der Waals surface area (Å²) in [7, 11) is 1.72. The first kappa shape index (κ1) is 20.3. The van der Waals surface area contributed by atoms with E-state index in [9.17, 15) is 0 Å². The molecule has 1 aromatic carbocycles. The molecule has 0 radical (unpaired) electrons. The van der Waals surface area contributed by atoms with Gasteiger partial charge in [-0.05, 0) is 45.2 Å². The molecule has 5 nitrogen and oxygen atoms in total. The molecule has 0 aliphatic carbocycles. The Morgan fingerprint density at radius 1 is 1.25 bits per heavy atom. The van der Waals surface area contributed by atoms with Crippen LogP contribution in [0.25, 0.3) is 0 Å². The number of nitrogens with zero attached hydrogens (tertiary/aromatic N) is 1. The normalized spacial score (nSPS) is 12.8. The average molecular weight is 335 g/mol. The van der Waals surface area contributed by atoms with E-state index in [2.05, 4.69) is 61.5 Å². The van der Waals surface area contributed by atoms with Crippen molar-refractivity contribution in [3.8, 4) is 5.75 Å². The molecule has 0 aliphatic heterocycles. The fraction of sp³-hybridized carbons (Fsp3) is 0.632. The molecule has 1 unspecified atom stereocenters. The summed E-state index contributed by atoms with van der Waals surface area (Å²) < 4.78 is 11.1. The molecule has 1 rings (SSSR count). The van der Waals surface area contributed by atoms with E-state index in [1.165, 1.54) is 5.56 Å². The lowest BCUT2D eigenvalue weighted by Gasteiger charge is -2.17. The van der Waals surface area contributed by atoms with Crippen LogP contribution in [0.3, 0.4) is 0 Å². The minimum absolute atomic E-state index is 0.204. The fourth-order valence-electron chi connectivity index (χ4n) is 2.13. The van der Waals surface area contributed by atoms with Crippen molar-refractivity contribution in [2.45, 2.75) is 53.2 Å². The van der Waals surface area contributed by atoms with Gasteiger partial charge in [0.15, 0.2) is 5.96 Å². The summed E-state index contributed by atoms with van der Waals surface area (Å²) in [4.78, 5) is 4.68. The quantitative estimate of drug-likeness (QED) is 0.391. The summed E-state index contributed by atoms with van der Waals surface area (Å²) in [5.74, 6) is 1.76. The number of methoxy groups -OCH3 is 1. The Labute approximate surface area is 146 Å².